The zero-order valence-electron chi connectivity index (χ0n) is 14.7. The molecule has 2 N–H and O–H groups in total. The second-order valence-electron chi connectivity index (χ2n) is 10.3. The van der Waals surface area contributed by atoms with E-state index in [0.29, 0.717) is 16.2 Å². The summed E-state index contributed by atoms with van der Waals surface area (Å²) in [5.41, 5.74) is 0.723. The topological polar surface area (TPSA) is 40.5 Å². The SMILES string of the molecule is CC1(C)CCCC2(C)C1CCC13CC(CO)C(O)(CCC12)C3. The molecule has 4 rings (SSSR count). The lowest BCUT2D eigenvalue weighted by Gasteiger charge is -2.64. The summed E-state index contributed by atoms with van der Waals surface area (Å²) in [6.45, 7) is 7.76. The van der Waals surface area contributed by atoms with Crippen LogP contribution in [0.1, 0.15) is 78.6 Å². The van der Waals surface area contributed by atoms with Crippen molar-refractivity contribution in [3.05, 3.63) is 0 Å². The normalized spacial score (nSPS) is 56.3. The minimum Gasteiger partial charge on any atom is -0.396 e. The fourth-order valence-electron chi connectivity index (χ4n) is 8.13. The highest BCUT2D eigenvalue weighted by atomic mass is 16.3. The summed E-state index contributed by atoms with van der Waals surface area (Å²) in [5, 5.41) is 20.8. The third-order valence-corrected chi connectivity index (χ3v) is 8.90. The maximum Gasteiger partial charge on any atom is 0.0703 e. The molecule has 0 amide bonds. The Bertz CT molecular complexity index is 472. The van der Waals surface area contributed by atoms with Gasteiger partial charge in [-0.15, -0.1) is 0 Å². The van der Waals surface area contributed by atoms with Crippen molar-refractivity contribution in [3.8, 4) is 0 Å². The van der Waals surface area contributed by atoms with Crippen molar-refractivity contribution in [2.45, 2.75) is 84.2 Å². The first kappa shape index (κ1) is 15.4. The van der Waals surface area contributed by atoms with Crippen molar-refractivity contribution in [2.24, 2.45) is 34.0 Å². The summed E-state index contributed by atoms with van der Waals surface area (Å²) in [5.74, 6) is 1.76. The molecule has 1 spiro atoms. The Morgan fingerprint density at radius 3 is 2.41 bits per heavy atom. The smallest absolute Gasteiger partial charge is 0.0703 e. The first-order chi connectivity index (χ1) is 10.3. The van der Waals surface area contributed by atoms with E-state index >= 15 is 0 Å². The Balaban J connectivity index is 1.72. The highest BCUT2D eigenvalue weighted by Gasteiger charge is 2.67. The van der Waals surface area contributed by atoms with Crippen LogP contribution in [-0.2, 0) is 0 Å². The molecule has 126 valence electrons. The van der Waals surface area contributed by atoms with Gasteiger partial charge in [0.2, 0.25) is 0 Å². The molecule has 4 fully saturated rings. The predicted octanol–water partition coefficient (Wildman–Crippen LogP) is 4.14. The fraction of sp³-hybridized carbons (Fsp3) is 1.00. The lowest BCUT2D eigenvalue weighted by molar-refractivity contribution is -0.161. The van der Waals surface area contributed by atoms with Gasteiger partial charge in [0, 0.05) is 12.5 Å². The first-order valence-corrected chi connectivity index (χ1v) is 9.59. The summed E-state index contributed by atoms with van der Waals surface area (Å²) < 4.78 is 0. The van der Waals surface area contributed by atoms with Crippen LogP contribution in [0.25, 0.3) is 0 Å². The van der Waals surface area contributed by atoms with Gasteiger partial charge < -0.3 is 10.2 Å². The highest BCUT2D eigenvalue weighted by molar-refractivity contribution is 5.17. The Morgan fingerprint density at radius 2 is 1.68 bits per heavy atom. The van der Waals surface area contributed by atoms with Gasteiger partial charge in [-0.3, -0.25) is 0 Å². The van der Waals surface area contributed by atoms with Crippen molar-refractivity contribution in [2.75, 3.05) is 6.61 Å². The molecule has 0 aromatic heterocycles. The van der Waals surface area contributed by atoms with Crippen LogP contribution >= 0.6 is 0 Å². The van der Waals surface area contributed by atoms with Crippen LogP contribution in [0, 0.1) is 34.0 Å². The van der Waals surface area contributed by atoms with Crippen LogP contribution in [-0.4, -0.2) is 22.4 Å². The molecular formula is C20H34O2. The van der Waals surface area contributed by atoms with Gasteiger partial charge in [-0.05, 0) is 79.4 Å². The molecule has 0 aromatic carbocycles. The molecule has 6 unspecified atom stereocenters. The van der Waals surface area contributed by atoms with Gasteiger partial charge >= 0.3 is 0 Å². The number of fused-ring (bicyclic) bond motifs is 3. The second-order valence-corrected chi connectivity index (χ2v) is 10.3. The van der Waals surface area contributed by atoms with E-state index in [1.54, 1.807) is 0 Å². The Kier molecular flexibility index (Phi) is 3.16. The Morgan fingerprint density at radius 1 is 0.955 bits per heavy atom. The predicted molar refractivity (Wildman–Crippen MR) is 88.4 cm³/mol. The molecule has 0 aromatic rings. The molecule has 0 radical (unpaired) electrons. The van der Waals surface area contributed by atoms with Crippen LogP contribution in [0.5, 0.6) is 0 Å². The van der Waals surface area contributed by atoms with Crippen LogP contribution < -0.4 is 0 Å². The monoisotopic (exact) mass is 306 g/mol. The van der Waals surface area contributed by atoms with E-state index in [1.165, 1.54) is 38.5 Å². The zero-order valence-corrected chi connectivity index (χ0v) is 14.7. The number of aliphatic hydroxyl groups is 2. The molecule has 6 atom stereocenters. The fourth-order valence-corrected chi connectivity index (χ4v) is 8.13. The lowest BCUT2D eigenvalue weighted by atomic mass is 9.41. The van der Waals surface area contributed by atoms with E-state index in [-0.39, 0.29) is 12.5 Å². The molecule has 4 aliphatic carbocycles. The largest absolute Gasteiger partial charge is 0.396 e. The average Bonchev–Trinajstić information content (AvgIpc) is 2.63. The molecule has 2 nitrogen and oxygen atoms in total. The summed E-state index contributed by atoms with van der Waals surface area (Å²) in [7, 11) is 0. The molecule has 2 bridgehead atoms. The summed E-state index contributed by atoms with van der Waals surface area (Å²) in [4.78, 5) is 0. The molecule has 0 heterocycles. The maximum absolute atomic E-state index is 11.0. The van der Waals surface area contributed by atoms with Crippen LogP contribution in [0.15, 0.2) is 0 Å². The van der Waals surface area contributed by atoms with E-state index in [9.17, 15) is 10.2 Å². The summed E-state index contributed by atoms with van der Waals surface area (Å²) in [6, 6.07) is 0. The van der Waals surface area contributed by atoms with Gasteiger partial charge in [-0.1, -0.05) is 27.2 Å². The van der Waals surface area contributed by atoms with Crippen molar-refractivity contribution in [1.82, 2.24) is 0 Å². The van der Waals surface area contributed by atoms with Crippen molar-refractivity contribution in [1.29, 1.82) is 0 Å². The second kappa shape index (κ2) is 4.51. The molecule has 2 heteroatoms. The third-order valence-electron chi connectivity index (χ3n) is 8.90. The quantitative estimate of drug-likeness (QED) is 0.764. The molecule has 0 saturated heterocycles. The third kappa shape index (κ3) is 1.80. The highest BCUT2D eigenvalue weighted by Crippen LogP contribution is 2.72. The van der Waals surface area contributed by atoms with Crippen molar-refractivity contribution < 1.29 is 10.2 Å². The van der Waals surface area contributed by atoms with Gasteiger partial charge in [0.05, 0.1) is 5.60 Å². The summed E-state index contributed by atoms with van der Waals surface area (Å²) in [6.07, 6.45) is 10.9. The van der Waals surface area contributed by atoms with Gasteiger partial charge in [0.1, 0.15) is 0 Å². The minimum absolute atomic E-state index is 0.134. The Labute approximate surface area is 135 Å². The lowest BCUT2D eigenvalue weighted by Crippen LogP contribution is -2.57. The first-order valence-electron chi connectivity index (χ1n) is 9.59. The van der Waals surface area contributed by atoms with E-state index in [4.69, 9.17) is 0 Å². The van der Waals surface area contributed by atoms with Crippen LogP contribution in [0.2, 0.25) is 0 Å². The number of aliphatic hydroxyl groups excluding tert-OH is 1. The van der Waals surface area contributed by atoms with Gasteiger partial charge in [-0.25, -0.2) is 0 Å². The number of hydrogen-bond donors (Lipinski definition) is 2. The van der Waals surface area contributed by atoms with Gasteiger partial charge in [0.25, 0.3) is 0 Å². The van der Waals surface area contributed by atoms with Crippen molar-refractivity contribution in [3.63, 3.8) is 0 Å². The molecular weight excluding hydrogens is 272 g/mol. The van der Waals surface area contributed by atoms with Crippen molar-refractivity contribution >= 4 is 0 Å². The van der Waals surface area contributed by atoms with Crippen LogP contribution in [0.4, 0.5) is 0 Å². The van der Waals surface area contributed by atoms with E-state index in [0.717, 1.165) is 31.1 Å². The Hall–Kier alpha value is -0.0800. The average molecular weight is 306 g/mol. The molecule has 0 aliphatic heterocycles. The molecule has 4 aliphatic rings. The number of rotatable bonds is 1. The zero-order chi connectivity index (χ0) is 15.8. The number of hydrogen-bond acceptors (Lipinski definition) is 2. The van der Waals surface area contributed by atoms with E-state index in [1.807, 2.05) is 0 Å². The summed E-state index contributed by atoms with van der Waals surface area (Å²) >= 11 is 0. The van der Waals surface area contributed by atoms with Gasteiger partial charge in [0.15, 0.2) is 0 Å². The van der Waals surface area contributed by atoms with E-state index in [2.05, 4.69) is 20.8 Å². The minimum atomic E-state index is -0.557. The molecule has 4 saturated carbocycles. The molecule has 22 heavy (non-hydrogen) atoms. The van der Waals surface area contributed by atoms with Crippen LogP contribution in [0.3, 0.4) is 0 Å². The van der Waals surface area contributed by atoms with Gasteiger partial charge in [-0.2, -0.15) is 0 Å². The van der Waals surface area contributed by atoms with E-state index < -0.39 is 5.60 Å². The standard InChI is InChI=1S/C20H34O2/c1-17(2)7-4-8-18(3)15(17)5-9-19-11-14(12-21)20(22,13-19)10-6-16(18)19/h14-16,21-22H,4-13H2,1-3H3. The maximum atomic E-state index is 11.0.